The molecule has 2 unspecified atom stereocenters. The van der Waals surface area contributed by atoms with Gasteiger partial charge in [-0.25, -0.2) is 4.99 Å². The molecular weight excluding hydrogens is 507 g/mol. The van der Waals surface area contributed by atoms with Crippen LogP contribution in [-0.2, 0) is 16.0 Å². The predicted octanol–water partition coefficient (Wildman–Crippen LogP) is 2.79. The molecule has 2 atom stereocenters. The number of carbonyl (C=O) groups is 1. The van der Waals surface area contributed by atoms with Crippen molar-refractivity contribution in [2.45, 2.75) is 45.3 Å². The van der Waals surface area contributed by atoms with E-state index in [0.29, 0.717) is 24.1 Å². The van der Waals surface area contributed by atoms with Crippen LogP contribution in [0.4, 0.5) is 0 Å². The quantitative estimate of drug-likeness (QED) is 0.329. The Balaban J connectivity index is 0.00000272. The second-order valence-corrected chi connectivity index (χ2v) is 8.69. The smallest absolute Gasteiger partial charge is 0.251 e. The molecule has 0 aliphatic carbocycles. The summed E-state index contributed by atoms with van der Waals surface area (Å²) < 4.78 is 11.2. The molecule has 3 aliphatic rings. The lowest BCUT2D eigenvalue weighted by Crippen LogP contribution is -2.41. The van der Waals surface area contributed by atoms with Gasteiger partial charge in [-0.2, -0.15) is 0 Å². The normalized spacial score (nSPS) is 25.6. The Bertz CT molecular complexity index is 761. The van der Waals surface area contributed by atoms with E-state index >= 15 is 0 Å². The van der Waals surface area contributed by atoms with E-state index < -0.39 is 0 Å². The number of rotatable bonds is 6. The molecule has 2 N–H and O–H groups in total. The molecule has 1 aromatic rings. The summed E-state index contributed by atoms with van der Waals surface area (Å²) in [5.41, 5.74) is 2.01. The zero-order valence-electron chi connectivity index (χ0n) is 18.4. The number of likely N-dealkylation sites (tertiary alicyclic amines) is 1. The molecule has 1 spiro atoms. The van der Waals surface area contributed by atoms with Crippen LogP contribution in [0.25, 0.3) is 0 Å². The van der Waals surface area contributed by atoms with Gasteiger partial charge >= 0.3 is 0 Å². The summed E-state index contributed by atoms with van der Waals surface area (Å²) in [6.07, 6.45) is 4.56. The number of hydrogen-bond acceptors (Lipinski definition) is 4. The molecule has 3 aliphatic heterocycles. The van der Waals surface area contributed by atoms with Crippen molar-refractivity contribution in [3.05, 3.63) is 35.4 Å². The Morgan fingerprint density at radius 3 is 2.94 bits per heavy atom. The summed E-state index contributed by atoms with van der Waals surface area (Å²) in [5, 5.41) is 6.43. The molecule has 172 valence electrons. The van der Waals surface area contributed by atoms with Crippen molar-refractivity contribution in [3.8, 4) is 0 Å². The Kier molecular flexibility index (Phi) is 8.97. The minimum atomic E-state index is -0.0500. The van der Waals surface area contributed by atoms with Gasteiger partial charge < -0.3 is 25.0 Å². The van der Waals surface area contributed by atoms with Crippen molar-refractivity contribution in [2.75, 3.05) is 46.0 Å². The Hall–Kier alpha value is -1.39. The van der Waals surface area contributed by atoms with Gasteiger partial charge in [-0.3, -0.25) is 4.79 Å². The van der Waals surface area contributed by atoms with Crippen molar-refractivity contribution in [1.82, 2.24) is 15.5 Å². The topological polar surface area (TPSA) is 75.2 Å². The summed E-state index contributed by atoms with van der Waals surface area (Å²) in [6.45, 7) is 8.62. The molecule has 4 rings (SSSR count). The van der Waals surface area contributed by atoms with Gasteiger partial charge in [-0.15, -0.1) is 24.0 Å². The van der Waals surface area contributed by atoms with Crippen LogP contribution in [0.3, 0.4) is 0 Å². The van der Waals surface area contributed by atoms with E-state index in [1.807, 2.05) is 24.3 Å². The third-order valence-corrected chi connectivity index (χ3v) is 6.37. The number of carbonyl (C=O) groups excluding carboxylic acids is 1. The number of ether oxygens (including phenoxy) is 2. The molecule has 3 fully saturated rings. The molecule has 3 saturated heterocycles. The van der Waals surface area contributed by atoms with Crippen LogP contribution >= 0.6 is 24.0 Å². The first-order chi connectivity index (χ1) is 14.7. The number of halogens is 1. The summed E-state index contributed by atoms with van der Waals surface area (Å²) in [4.78, 5) is 19.7. The monoisotopic (exact) mass is 542 g/mol. The molecular formula is C23H35IN4O3. The lowest BCUT2D eigenvalue weighted by molar-refractivity contribution is 0.0857. The lowest BCUT2D eigenvalue weighted by atomic mass is 9.87. The molecule has 0 saturated carbocycles. The van der Waals surface area contributed by atoms with Gasteiger partial charge in [0.1, 0.15) is 0 Å². The molecule has 0 bridgehead atoms. The number of benzene rings is 1. The second kappa shape index (κ2) is 11.5. The van der Waals surface area contributed by atoms with Gasteiger partial charge in [-0.05, 0) is 50.3 Å². The highest BCUT2D eigenvalue weighted by atomic mass is 127. The SMILES string of the molecule is CCNC(=NCc1cccc(C(=O)NCC2CCCO2)c1)N1CCC2(CCOC2)C1.I. The largest absolute Gasteiger partial charge is 0.381 e. The van der Waals surface area contributed by atoms with Crippen LogP contribution < -0.4 is 10.6 Å². The fourth-order valence-corrected chi connectivity index (χ4v) is 4.60. The first kappa shape index (κ1) is 24.3. The maximum atomic E-state index is 12.5. The third-order valence-electron chi connectivity index (χ3n) is 6.37. The highest BCUT2D eigenvalue weighted by Crippen LogP contribution is 2.38. The van der Waals surface area contributed by atoms with Crippen LogP contribution in [0.15, 0.2) is 29.3 Å². The maximum absolute atomic E-state index is 12.5. The fourth-order valence-electron chi connectivity index (χ4n) is 4.60. The second-order valence-electron chi connectivity index (χ2n) is 8.69. The molecule has 1 aromatic carbocycles. The van der Waals surface area contributed by atoms with E-state index in [4.69, 9.17) is 14.5 Å². The molecule has 31 heavy (non-hydrogen) atoms. The van der Waals surface area contributed by atoms with Gasteiger partial charge in [-0.1, -0.05) is 12.1 Å². The third kappa shape index (κ3) is 6.32. The highest BCUT2D eigenvalue weighted by molar-refractivity contribution is 14.0. The average molecular weight is 542 g/mol. The van der Waals surface area contributed by atoms with E-state index in [0.717, 1.165) is 76.7 Å². The Morgan fingerprint density at radius 1 is 1.29 bits per heavy atom. The zero-order valence-corrected chi connectivity index (χ0v) is 20.7. The fraction of sp³-hybridized carbons (Fsp3) is 0.652. The molecule has 0 aromatic heterocycles. The lowest BCUT2D eigenvalue weighted by Gasteiger charge is -2.25. The van der Waals surface area contributed by atoms with Crippen LogP contribution in [0.1, 0.15) is 48.5 Å². The van der Waals surface area contributed by atoms with Crippen molar-refractivity contribution >= 4 is 35.8 Å². The van der Waals surface area contributed by atoms with Gasteiger partial charge in [0.15, 0.2) is 5.96 Å². The zero-order chi connectivity index (χ0) is 20.8. The summed E-state index contributed by atoms with van der Waals surface area (Å²) in [5.74, 6) is 0.903. The number of guanidine groups is 1. The van der Waals surface area contributed by atoms with E-state index in [-0.39, 0.29) is 36.0 Å². The summed E-state index contributed by atoms with van der Waals surface area (Å²) in [7, 11) is 0. The number of amides is 1. The minimum Gasteiger partial charge on any atom is -0.381 e. The van der Waals surface area contributed by atoms with Gasteiger partial charge in [0, 0.05) is 50.4 Å². The Morgan fingerprint density at radius 2 is 2.19 bits per heavy atom. The van der Waals surface area contributed by atoms with E-state index in [9.17, 15) is 4.79 Å². The van der Waals surface area contributed by atoms with Crippen LogP contribution in [0.5, 0.6) is 0 Å². The highest BCUT2D eigenvalue weighted by Gasteiger charge is 2.42. The molecule has 3 heterocycles. The van der Waals surface area contributed by atoms with Crippen molar-refractivity contribution in [2.24, 2.45) is 10.4 Å². The van der Waals surface area contributed by atoms with Gasteiger partial charge in [0.05, 0.1) is 19.3 Å². The van der Waals surface area contributed by atoms with Crippen LogP contribution in [-0.4, -0.2) is 68.9 Å². The molecule has 1 amide bonds. The van der Waals surface area contributed by atoms with Crippen LogP contribution in [0, 0.1) is 5.41 Å². The van der Waals surface area contributed by atoms with Gasteiger partial charge in [0.25, 0.3) is 5.91 Å². The van der Waals surface area contributed by atoms with E-state index in [2.05, 4.69) is 22.5 Å². The van der Waals surface area contributed by atoms with Gasteiger partial charge in [0.2, 0.25) is 0 Å². The maximum Gasteiger partial charge on any atom is 0.251 e. The minimum absolute atomic E-state index is 0. The molecule has 7 nitrogen and oxygen atoms in total. The number of hydrogen-bond donors (Lipinski definition) is 2. The summed E-state index contributed by atoms with van der Waals surface area (Å²) in [6, 6.07) is 7.75. The van der Waals surface area contributed by atoms with Crippen LogP contribution in [0.2, 0.25) is 0 Å². The van der Waals surface area contributed by atoms with Crippen molar-refractivity contribution < 1.29 is 14.3 Å². The molecule has 0 radical (unpaired) electrons. The first-order valence-electron chi connectivity index (χ1n) is 11.3. The van der Waals surface area contributed by atoms with E-state index in [1.165, 1.54) is 0 Å². The Labute approximate surface area is 202 Å². The number of aliphatic imine (C=N–C) groups is 1. The average Bonchev–Trinajstić information content (AvgIpc) is 3.53. The van der Waals surface area contributed by atoms with Crippen molar-refractivity contribution in [1.29, 1.82) is 0 Å². The number of nitrogens with one attached hydrogen (secondary N) is 2. The summed E-state index contributed by atoms with van der Waals surface area (Å²) >= 11 is 0. The first-order valence-corrected chi connectivity index (χ1v) is 11.3. The predicted molar refractivity (Wildman–Crippen MR) is 132 cm³/mol. The van der Waals surface area contributed by atoms with Crippen molar-refractivity contribution in [3.63, 3.8) is 0 Å². The van der Waals surface area contributed by atoms with E-state index in [1.54, 1.807) is 0 Å². The number of nitrogens with zero attached hydrogens (tertiary/aromatic N) is 2. The standard InChI is InChI=1S/C23H34N4O3.HI/c1-2-24-22(27-10-8-23(16-27)9-12-29-17-23)26-14-18-5-3-6-19(13-18)21(28)25-15-20-7-4-11-30-20;/h3,5-6,13,20H,2,4,7-12,14-17H2,1H3,(H,24,26)(H,25,28);1H. The molecule has 8 heteroatoms.